The first-order valence-electron chi connectivity index (χ1n) is 5.89. The van der Waals surface area contributed by atoms with Crippen LogP contribution in [0.15, 0.2) is 24.7 Å². The molecule has 1 saturated carbocycles. The number of pyridine rings is 1. The molecule has 0 radical (unpaired) electrons. The largest absolute Gasteiger partial charge is 0.490 e. The number of hydrogen-bond acceptors (Lipinski definition) is 4. The van der Waals surface area contributed by atoms with E-state index in [1.165, 1.54) is 6.33 Å². The summed E-state index contributed by atoms with van der Waals surface area (Å²) < 4.78 is 13.3. The van der Waals surface area contributed by atoms with Crippen molar-refractivity contribution in [2.45, 2.75) is 18.4 Å². The third-order valence-electron chi connectivity index (χ3n) is 3.70. The van der Waals surface area contributed by atoms with E-state index in [9.17, 15) is 0 Å². The number of hydrogen-bond donors (Lipinski definition) is 0. The minimum atomic E-state index is 0.00443. The van der Waals surface area contributed by atoms with Gasteiger partial charge in [-0.05, 0) is 24.8 Å². The first-order chi connectivity index (χ1) is 8.33. The van der Waals surface area contributed by atoms with Gasteiger partial charge in [-0.15, -0.1) is 0 Å². The number of ether oxygens (including phenoxy) is 2. The molecule has 2 aromatic rings. The minimum Gasteiger partial charge on any atom is -0.490 e. The van der Waals surface area contributed by atoms with Crippen molar-refractivity contribution in [1.29, 1.82) is 0 Å². The molecular weight excluding hydrogens is 218 g/mol. The second kappa shape index (κ2) is 3.20. The molecule has 88 valence electrons. The summed E-state index contributed by atoms with van der Waals surface area (Å²) in [5, 5.41) is 4.04. The Morgan fingerprint density at radius 3 is 3.29 bits per heavy atom. The van der Waals surface area contributed by atoms with Crippen molar-refractivity contribution in [2.75, 3.05) is 13.2 Å². The van der Waals surface area contributed by atoms with Crippen molar-refractivity contribution < 1.29 is 9.47 Å². The maximum absolute atomic E-state index is 5.80. The maximum atomic E-state index is 5.80. The van der Waals surface area contributed by atoms with Crippen molar-refractivity contribution in [3.8, 4) is 5.75 Å². The van der Waals surface area contributed by atoms with Gasteiger partial charge in [0.15, 0.2) is 5.65 Å². The fourth-order valence-electron chi connectivity index (χ4n) is 2.78. The lowest BCUT2D eigenvalue weighted by Crippen LogP contribution is -2.42. The van der Waals surface area contributed by atoms with Crippen LogP contribution in [-0.2, 0) is 4.74 Å². The molecule has 0 spiro atoms. The van der Waals surface area contributed by atoms with Crippen LogP contribution in [0.4, 0.5) is 0 Å². The molecule has 0 aromatic carbocycles. The molecular formula is C12H13N3O2. The van der Waals surface area contributed by atoms with E-state index in [1.807, 2.05) is 18.3 Å². The topological polar surface area (TPSA) is 48.7 Å². The third-order valence-corrected chi connectivity index (χ3v) is 3.70. The van der Waals surface area contributed by atoms with Crippen LogP contribution in [0, 0.1) is 5.92 Å². The van der Waals surface area contributed by atoms with Crippen molar-refractivity contribution in [3.63, 3.8) is 0 Å². The van der Waals surface area contributed by atoms with E-state index < -0.39 is 0 Å². The summed E-state index contributed by atoms with van der Waals surface area (Å²) in [6.07, 6.45) is 5.70. The molecule has 5 nitrogen and oxygen atoms in total. The van der Waals surface area contributed by atoms with Crippen LogP contribution in [0.2, 0.25) is 0 Å². The Morgan fingerprint density at radius 1 is 1.53 bits per heavy atom. The van der Waals surface area contributed by atoms with Crippen LogP contribution in [-0.4, -0.2) is 33.4 Å². The lowest BCUT2D eigenvalue weighted by Gasteiger charge is -2.35. The van der Waals surface area contributed by atoms with Crippen LogP contribution in [0.5, 0.6) is 5.75 Å². The zero-order valence-electron chi connectivity index (χ0n) is 9.37. The van der Waals surface area contributed by atoms with Crippen LogP contribution in [0.25, 0.3) is 5.65 Å². The fourth-order valence-corrected chi connectivity index (χ4v) is 2.78. The van der Waals surface area contributed by atoms with E-state index in [0.717, 1.165) is 36.8 Å². The van der Waals surface area contributed by atoms with Gasteiger partial charge in [0.25, 0.3) is 0 Å². The second-order valence-corrected chi connectivity index (χ2v) is 4.98. The summed E-state index contributed by atoms with van der Waals surface area (Å²) in [5.41, 5.74) is 0.809. The van der Waals surface area contributed by atoms with Gasteiger partial charge in [-0.3, -0.25) is 0 Å². The lowest BCUT2D eigenvalue weighted by molar-refractivity contribution is -0.0357. The van der Waals surface area contributed by atoms with Gasteiger partial charge in [0.1, 0.15) is 24.3 Å². The molecule has 2 saturated heterocycles. The quantitative estimate of drug-likeness (QED) is 0.798. The summed E-state index contributed by atoms with van der Waals surface area (Å²) in [5.74, 6) is 1.61. The molecule has 3 fully saturated rings. The standard InChI is InChI=1S/C12H13N3O2/c1-2-15-11(13-8-14-15)3-10(1)16-7-12-4-9(5-12)6-17-12/h1-3,8-9H,4-7H2. The smallest absolute Gasteiger partial charge is 0.158 e. The number of fused-ring (bicyclic) bond motifs is 2. The fraction of sp³-hybridized carbons (Fsp3) is 0.500. The van der Waals surface area contributed by atoms with E-state index in [4.69, 9.17) is 9.47 Å². The first-order valence-corrected chi connectivity index (χ1v) is 5.89. The highest BCUT2D eigenvalue weighted by atomic mass is 16.6. The Balaban J connectivity index is 1.51. The van der Waals surface area contributed by atoms with Crippen LogP contribution in [0.3, 0.4) is 0 Å². The van der Waals surface area contributed by atoms with E-state index >= 15 is 0 Å². The average Bonchev–Trinajstić information content (AvgIpc) is 3.00. The Morgan fingerprint density at radius 2 is 2.47 bits per heavy atom. The number of rotatable bonds is 3. The van der Waals surface area contributed by atoms with Crippen LogP contribution >= 0.6 is 0 Å². The molecule has 2 aliphatic heterocycles. The lowest BCUT2D eigenvalue weighted by atomic mass is 9.75. The van der Waals surface area contributed by atoms with Gasteiger partial charge in [-0.1, -0.05) is 0 Å². The zero-order valence-corrected chi connectivity index (χ0v) is 9.37. The van der Waals surface area contributed by atoms with Gasteiger partial charge in [0, 0.05) is 12.3 Å². The first kappa shape index (κ1) is 9.41. The number of aromatic nitrogens is 3. The van der Waals surface area contributed by atoms with Crippen LogP contribution in [0.1, 0.15) is 12.8 Å². The summed E-state index contributed by atoms with van der Waals surface area (Å²) in [6.45, 7) is 1.56. The third kappa shape index (κ3) is 1.42. The second-order valence-electron chi connectivity index (χ2n) is 4.98. The van der Waals surface area contributed by atoms with E-state index in [1.54, 1.807) is 4.52 Å². The van der Waals surface area contributed by atoms with E-state index in [2.05, 4.69) is 10.1 Å². The summed E-state index contributed by atoms with van der Waals surface area (Å²) >= 11 is 0. The minimum absolute atomic E-state index is 0.00443. The monoisotopic (exact) mass is 231 g/mol. The van der Waals surface area contributed by atoms with Gasteiger partial charge in [0.05, 0.1) is 6.61 Å². The highest BCUT2D eigenvalue weighted by Gasteiger charge is 2.52. The van der Waals surface area contributed by atoms with Gasteiger partial charge < -0.3 is 9.47 Å². The van der Waals surface area contributed by atoms with Crippen molar-refractivity contribution in [2.24, 2.45) is 5.92 Å². The molecule has 0 amide bonds. The molecule has 2 aromatic heterocycles. The Kier molecular flexibility index (Phi) is 1.77. The van der Waals surface area contributed by atoms with Crippen molar-refractivity contribution >= 4 is 5.65 Å². The predicted octanol–water partition coefficient (Wildman–Crippen LogP) is 1.29. The Hall–Kier alpha value is -1.62. The summed E-state index contributed by atoms with van der Waals surface area (Å²) in [7, 11) is 0. The van der Waals surface area contributed by atoms with Gasteiger partial charge in [-0.25, -0.2) is 9.50 Å². The molecule has 3 aliphatic rings. The van der Waals surface area contributed by atoms with E-state index in [0.29, 0.717) is 6.61 Å². The zero-order chi connectivity index (χ0) is 11.3. The van der Waals surface area contributed by atoms with Gasteiger partial charge in [-0.2, -0.15) is 5.10 Å². The van der Waals surface area contributed by atoms with Crippen molar-refractivity contribution in [1.82, 2.24) is 14.6 Å². The molecule has 17 heavy (non-hydrogen) atoms. The molecule has 2 bridgehead atoms. The van der Waals surface area contributed by atoms with Gasteiger partial charge in [0.2, 0.25) is 0 Å². The van der Waals surface area contributed by atoms with Crippen LogP contribution < -0.4 is 4.74 Å². The maximum Gasteiger partial charge on any atom is 0.158 e. The van der Waals surface area contributed by atoms with Crippen molar-refractivity contribution in [3.05, 3.63) is 24.7 Å². The Bertz CT molecular complexity index is 554. The molecule has 0 atom stereocenters. The normalized spacial score (nSPS) is 30.5. The summed E-state index contributed by atoms with van der Waals surface area (Å²) in [6, 6.07) is 3.80. The molecule has 4 heterocycles. The average molecular weight is 231 g/mol. The highest BCUT2D eigenvalue weighted by molar-refractivity contribution is 5.42. The Labute approximate surface area is 98.4 Å². The molecule has 5 heteroatoms. The SMILES string of the molecule is c1nc2cc(OCC34CC(CO3)C4)ccn2n1. The molecule has 1 aliphatic carbocycles. The molecule has 5 rings (SSSR count). The predicted molar refractivity (Wildman–Crippen MR) is 59.9 cm³/mol. The van der Waals surface area contributed by atoms with Gasteiger partial charge >= 0.3 is 0 Å². The van der Waals surface area contributed by atoms with E-state index in [-0.39, 0.29) is 5.60 Å². The molecule has 0 N–H and O–H groups in total. The highest BCUT2D eigenvalue weighted by Crippen LogP contribution is 2.48. The number of nitrogens with zero attached hydrogens (tertiary/aromatic N) is 3. The summed E-state index contributed by atoms with van der Waals surface area (Å²) in [4.78, 5) is 4.13. The molecule has 0 unspecified atom stereocenters.